The van der Waals surface area contributed by atoms with E-state index in [0.29, 0.717) is 24.5 Å². The van der Waals surface area contributed by atoms with Gasteiger partial charge in [-0.2, -0.15) is 5.10 Å². The van der Waals surface area contributed by atoms with Crippen LogP contribution in [0, 0.1) is 24.4 Å². The van der Waals surface area contributed by atoms with Gasteiger partial charge in [0.05, 0.1) is 6.20 Å². The lowest BCUT2D eigenvalue weighted by molar-refractivity contribution is 0.284. The third kappa shape index (κ3) is 5.29. The van der Waals surface area contributed by atoms with Crippen molar-refractivity contribution in [1.82, 2.24) is 14.7 Å². The molecular weight excluding hydrogens is 425 g/mol. The third-order valence-electron chi connectivity index (χ3n) is 5.37. The van der Waals surface area contributed by atoms with Gasteiger partial charge in [-0.05, 0) is 31.2 Å². The summed E-state index contributed by atoms with van der Waals surface area (Å²) in [5.41, 5.74) is 2.82. The lowest BCUT2D eigenvalue weighted by atomic mass is 10.2. The number of para-hydroxylation sites is 1. The Labute approximate surface area is 186 Å². The van der Waals surface area contributed by atoms with Crippen LogP contribution < -0.4 is 4.90 Å². The van der Waals surface area contributed by atoms with Crippen molar-refractivity contribution < 1.29 is 13.2 Å². The van der Waals surface area contributed by atoms with E-state index in [9.17, 15) is 13.2 Å². The molecule has 1 saturated heterocycles. The van der Waals surface area contributed by atoms with Gasteiger partial charge in [-0.1, -0.05) is 24.3 Å². The average Bonchev–Trinajstić information content (AvgIpc) is 3.08. The van der Waals surface area contributed by atoms with Crippen LogP contribution in [0.5, 0.6) is 0 Å². The van der Waals surface area contributed by atoms with Gasteiger partial charge in [0.25, 0.3) is 0 Å². The zero-order valence-electron chi connectivity index (χ0n) is 17.1. The van der Waals surface area contributed by atoms with Crippen molar-refractivity contribution >= 4 is 24.2 Å². The fraction of sp³-hybridized carbons (Fsp3) is 0.261. The molecule has 164 valence electrons. The van der Waals surface area contributed by atoms with E-state index < -0.39 is 11.6 Å². The normalized spacial score (nSPS) is 14.8. The number of anilines is 1. The molecule has 0 aliphatic carbocycles. The van der Waals surface area contributed by atoms with Gasteiger partial charge in [-0.15, -0.1) is 12.4 Å². The third-order valence-corrected chi connectivity index (χ3v) is 5.37. The highest BCUT2D eigenvalue weighted by atomic mass is 35.5. The molecule has 3 aromatic rings. The monoisotopic (exact) mass is 448 g/mol. The summed E-state index contributed by atoms with van der Waals surface area (Å²) in [6.07, 6.45) is 5.79. The van der Waals surface area contributed by atoms with Crippen LogP contribution in [0.15, 0.2) is 54.7 Å². The first-order valence-corrected chi connectivity index (χ1v) is 9.91. The van der Waals surface area contributed by atoms with E-state index in [1.807, 2.05) is 17.9 Å². The number of hydrogen-bond acceptors (Lipinski definition) is 3. The summed E-state index contributed by atoms with van der Waals surface area (Å²) in [5.74, 6) is -1.42. The highest BCUT2D eigenvalue weighted by Gasteiger charge is 2.17. The first-order valence-electron chi connectivity index (χ1n) is 9.91. The number of piperazine rings is 1. The Morgan fingerprint density at radius 1 is 0.968 bits per heavy atom. The van der Waals surface area contributed by atoms with Crippen LogP contribution in [0.1, 0.15) is 11.3 Å². The lowest BCUT2D eigenvalue weighted by Crippen LogP contribution is -2.46. The maximum Gasteiger partial charge on any atom is 0.148 e. The highest BCUT2D eigenvalue weighted by molar-refractivity contribution is 5.85. The zero-order chi connectivity index (χ0) is 21.1. The van der Waals surface area contributed by atoms with E-state index in [0.717, 1.165) is 37.0 Å². The molecule has 1 fully saturated rings. The highest BCUT2D eigenvalue weighted by Crippen LogP contribution is 2.20. The van der Waals surface area contributed by atoms with E-state index >= 15 is 0 Å². The van der Waals surface area contributed by atoms with Crippen molar-refractivity contribution in [2.75, 3.05) is 37.6 Å². The van der Waals surface area contributed by atoms with E-state index in [4.69, 9.17) is 0 Å². The molecule has 1 aliphatic heterocycles. The van der Waals surface area contributed by atoms with Gasteiger partial charge in [0.2, 0.25) is 0 Å². The Balaban J connectivity index is 0.00000272. The summed E-state index contributed by atoms with van der Waals surface area (Å²) in [6.45, 7) is 5.69. The minimum atomic E-state index is -0.554. The number of nitrogens with zero attached hydrogens (tertiary/aromatic N) is 4. The van der Waals surface area contributed by atoms with E-state index in [-0.39, 0.29) is 18.2 Å². The average molecular weight is 449 g/mol. The van der Waals surface area contributed by atoms with Gasteiger partial charge in [0.1, 0.15) is 23.1 Å². The van der Waals surface area contributed by atoms with Crippen molar-refractivity contribution in [3.05, 3.63) is 83.4 Å². The summed E-state index contributed by atoms with van der Waals surface area (Å²) in [5, 5.41) is 4.31. The molecule has 8 heteroatoms. The molecule has 0 bridgehead atoms. The summed E-state index contributed by atoms with van der Waals surface area (Å²) < 4.78 is 42.5. The van der Waals surface area contributed by atoms with E-state index in [1.54, 1.807) is 29.1 Å². The molecule has 0 spiro atoms. The van der Waals surface area contributed by atoms with Crippen molar-refractivity contribution in [1.29, 1.82) is 0 Å². The summed E-state index contributed by atoms with van der Waals surface area (Å²) >= 11 is 0. The predicted molar refractivity (Wildman–Crippen MR) is 120 cm³/mol. The smallest absolute Gasteiger partial charge is 0.148 e. The van der Waals surface area contributed by atoms with Gasteiger partial charge >= 0.3 is 0 Å². The standard InChI is InChI=1S/C23H23F3N4.ClH/c1-17-18(16-27-30(17)23-7-3-2-6-22(23)26)5-4-8-28-9-11-29(12-10-28)21-14-19(24)13-20(25)15-21;/h2-7,13-16H,8-12H2,1H3;1H. The minimum absolute atomic E-state index is 0. The fourth-order valence-electron chi connectivity index (χ4n) is 3.69. The fourth-order valence-corrected chi connectivity index (χ4v) is 3.69. The van der Waals surface area contributed by atoms with Crippen molar-refractivity contribution in [2.24, 2.45) is 0 Å². The molecule has 1 aromatic heterocycles. The minimum Gasteiger partial charge on any atom is -0.369 e. The number of aromatic nitrogens is 2. The maximum atomic E-state index is 14.0. The first-order chi connectivity index (χ1) is 14.5. The van der Waals surface area contributed by atoms with Crippen LogP contribution in [0.3, 0.4) is 0 Å². The second-order valence-corrected chi connectivity index (χ2v) is 7.37. The second-order valence-electron chi connectivity index (χ2n) is 7.37. The van der Waals surface area contributed by atoms with Crippen molar-refractivity contribution in [3.8, 4) is 5.69 Å². The van der Waals surface area contributed by atoms with Gasteiger partial charge < -0.3 is 4.90 Å². The zero-order valence-corrected chi connectivity index (χ0v) is 18.0. The molecule has 2 heterocycles. The topological polar surface area (TPSA) is 24.3 Å². The SMILES string of the molecule is Cc1c(C=CCN2CCN(c3cc(F)cc(F)c3)CC2)cnn1-c1ccccc1F.Cl. The quantitative estimate of drug-likeness (QED) is 0.557. The Morgan fingerprint density at radius 2 is 1.65 bits per heavy atom. The van der Waals surface area contributed by atoms with Crippen molar-refractivity contribution in [3.63, 3.8) is 0 Å². The summed E-state index contributed by atoms with van der Waals surface area (Å²) in [6, 6.07) is 10.2. The largest absolute Gasteiger partial charge is 0.369 e. The molecule has 1 aliphatic rings. The number of hydrogen-bond donors (Lipinski definition) is 0. The summed E-state index contributed by atoms with van der Waals surface area (Å²) in [7, 11) is 0. The van der Waals surface area contributed by atoms with Crippen LogP contribution in [0.4, 0.5) is 18.9 Å². The molecule has 2 aromatic carbocycles. The molecule has 0 saturated carbocycles. The van der Waals surface area contributed by atoms with Crippen LogP contribution in [-0.4, -0.2) is 47.4 Å². The van der Waals surface area contributed by atoms with Gasteiger partial charge in [-0.3, -0.25) is 4.90 Å². The maximum absolute atomic E-state index is 14.0. The summed E-state index contributed by atoms with van der Waals surface area (Å²) in [4.78, 5) is 4.27. The van der Waals surface area contributed by atoms with Crippen LogP contribution in [0.25, 0.3) is 11.8 Å². The molecule has 0 radical (unpaired) electrons. The molecular formula is C23H24ClF3N4. The Hall–Kier alpha value is -2.77. The Bertz CT molecular complexity index is 1040. The Kier molecular flexibility index (Phi) is 7.41. The predicted octanol–water partition coefficient (Wildman–Crippen LogP) is 4.86. The van der Waals surface area contributed by atoms with Gasteiger partial charge in [0.15, 0.2) is 0 Å². The molecule has 0 amide bonds. The van der Waals surface area contributed by atoms with Gasteiger partial charge in [-0.25, -0.2) is 17.9 Å². The Morgan fingerprint density at radius 3 is 2.32 bits per heavy atom. The van der Waals surface area contributed by atoms with Crippen molar-refractivity contribution in [2.45, 2.75) is 6.92 Å². The number of halogens is 4. The molecule has 31 heavy (non-hydrogen) atoms. The lowest BCUT2D eigenvalue weighted by Gasteiger charge is -2.35. The number of benzene rings is 2. The molecule has 4 rings (SSSR count). The molecule has 0 unspecified atom stereocenters. The van der Waals surface area contributed by atoms with Gasteiger partial charge in [0, 0.05) is 55.7 Å². The van der Waals surface area contributed by atoms with Crippen LogP contribution in [0.2, 0.25) is 0 Å². The second kappa shape index (κ2) is 10.0. The van der Waals surface area contributed by atoms with Crippen LogP contribution in [-0.2, 0) is 0 Å². The number of rotatable bonds is 5. The van der Waals surface area contributed by atoms with Crippen LogP contribution >= 0.6 is 12.4 Å². The molecule has 0 atom stereocenters. The van der Waals surface area contributed by atoms with E-state index in [2.05, 4.69) is 16.1 Å². The molecule has 4 nitrogen and oxygen atoms in total. The molecule has 0 N–H and O–H groups in total. The van der Waals surface area contributed by atoms with E-state index in [1.165, 1.54) is 18.2 Å². The first kappa shape index (κ1) is 22.9.